The number of hydrogen-bond donors (Lipinski definition) is 0. The molecule has 0 aliphatic carbocycles. The number of para-hydroxylation sites is 1. The largest absolute Gasteiger partial charge is 0.369 e. The third-order valence-electron chi connectivity index (χ3n) is 5.71. The second-order valence-electron chi connectivity index (χ2n) is 7.84. The zero-order valence-corrected chi connectivity index (χ0v) is 16.9. The van der Waals surface area contributed by atoms with Gasteiger partial charge in [0.2, 0.25) is 0 Å². The molecule has 150 valence electrons. The SMILES string of the molecule is c1ccc(Cc2ccc(C3CN(Cc4ccnc5ccccc45)CCO3)nc2)cc1. The molecule has 1 aliphatic rings. The van der Waals surface area contributed by atoms with Crippen LogP contribution >= 0.6 is 0 Å². The van der Waals surface area contributed by atoms with Crippen molar-refractivity contribution >= 4 is 10.9 Å². The maximum absolute atomic E-state index is 6.06. The molecule has 2 aromatic heterocycles. The van der Waals surface area contributed by atoms with Crippen molar-refractivity contribution in [2.45, 2.75) is 19.1 Å². The van der Waals surface area contributed by atoms with Crippen LogP contribution in [-0.2, 0) is 17.7 Å². The molecular formula is C26H25N3O. The standard InChI is InChI=1S/C26H25N3O/c1-2-6-20(7-3-1)16-21-10-11-25(28-17-21)26-19-29(14-15-30-26)18-22-12-13-27-24-9-5-4-8-23(22)24/h1-13,17,26H,14-16,18-19H2. The summed E-state index contributed by atoms with van der Waals surface area (Å²) in [5.74, 6) is 0. The Hall–Kier alpha value is -3.08. The first-order valence-corrected chi connectivity index (χ1v) is 10.5. The summed E-state index contributed by atoms with van der Waals surface area (Å²) in [6.45, 7) is 3.40. The lowest BCUT2D eigenvalue weighted by molar-refractivity contribution is -0.0348. The lowest BCUT2D eigenvalue weighted by atomic mass is 10.1. The molecule has 0 amide bonds. The molecule has 0 saturated carbocycles. The highest BCUT2D eigenvalue weighted by Gasteiger charge is 2.23. The van der Waals surface area contributed by atoms with Crippen molar-refractivity contribution in [1.82, 2.24) is 14.9 Å². The minimum Gasteiger partial charge on any atom is -0.369 e. The van der Waals surface area contributed by atoms with E-state index in [0.29, 0.717) is 0 Å². The molecule has 1 aliphatic heterocycles. The monoisotopic (exact) mass is 395 g/mol. The highest BCUT2D eigenvalue weighted by atomic mass is 16.5. The van der Waals surface area contributed by atoms with Gasteiger partial charge in [0.25, 0.3) is 0 Å². The van der Waals surface area contributed by atoms with Crippen molar-refractivity contribution in [3.05, 3.63) is 108 Å². The molecular weight excluding hydrogens is 370 g/mol. The van der Waals surface area contributed by atoms with Gasteiger partial charge < -0.3 is 4.74 Å². The molecule has 1 unspecified atom stereocenters. The van der Waals surface area contributed by atoms with Crippen LogP contribution in [0.4, 0.5) is 0 Å². The molecule has 1 fully saturated rings. The lowest BCUT2D eigenvalue weighted by Crippen LogP contribution is -2.38. The maximum Gasteiger partial charge on any atom is 0.112 e. The van der Waals surface area contributed by atoms with E-state index in [1.165, 1.54) is 22.1 Å². The van der Waals surface area contributed by atoms with Gasteiger partial charge in [0.1, 0.15) is 6.10 Å². The van der Waals surface area contributed by atoms with E-state index in [1.807, 2.05) is 24.5 Å². The van der Waals surface area contributed by atoms with E-state index in [1.54, 1.807) is 0 Å². The fraction of sp³-hybridized carbons (Fsp3) is 0.231. The Kier molecular flexibility index (Phi) is 5.51. The molecule has 0 spiro atoms. The van der Waals surface area contributed by atoms with Gasteiger partial charge in [-0.15, -0.1) is 0 Å². The van der Waals surface area contributed by atoms with Crippen molar-refractivity contribution in [2.24, 2.45) is 0 Å². The number of ether oxygens (including phenoxy) is 1. The predicted octanol–water partition coefficient (Wildman–Crippen LogP) is 4.79. The van der Waals surface area contributed by atoms with Gasteiger partial charge in [-0.3, -0.25) is 14.9 Å². The number of morpholine rings is 1. The van der Waals surface area contributed by atoms with Gasteiger partial charge in [0, 0.05) is 37.4 Å². The van der Waals surface area contributed by atoms with Crippen molar-refractivity contribution in [3.8, 4) is 0 Å². The molecule has 4 nitrogen and oxygen atoms in total. The number of aromatic nitrogens is 2. The van der Waals surface area contributed by atoms with Gasteiger partial charge in [0.05, 0.1) is 17.8 Å². The summed E-state index contributed by atoms with van der Waals surface area (Å²) in [5.41, 5.74) is 5.90. The fourth-order valence-electron chi connectivity index (χ4n) is 4.12. The van der Waals surface area contributed by atoms with Gasteiger partial charge in [-0.05, 0) is 41.3 Å². The third-order valence-corrected chi connectivity index (χ3v) is 5.71. The molecule has 1 atom stereocenters. The minimum atomic E-state index is 0.0117. The molecule has 1 saturated heterocycles. The van der Waals surface area contributed by atoms with Crippen molar-refractivity contribution in [2.75, 3.05) is 19.7 Å². The number of rotatable bonds is 5. The van der Waals surface area contributed by atoms with Crippen LogP contribution in [0.15, 0.2) is 85.2 Å². The normalized spacial score (nSPS) is 17.3. The predicted molar refractivity (Wildman–Crippen MR) is 119 cm³/mol. The molecule has 0 N–H and O–H groups in total. The Morgan fingerprint density at radius 3 is 2.60 bits per heavy atom. The average molecular weight is 396 g/mol. The van der Waals surface area contributed by atoms with E-state index in [4.69, 9.17) is 9.72 Å². The van der Waals surface area contributed by atoms with Crippen LogP contribution < -0.4 is 0 Å². The highest BCUT2D eigenvalue weighted by molar-refractivity contribution is 5.81. The topological polar surface area (TPSA) is 38.2 Å². The van der Waals surface area contributed by atoms with Crippen LogP contribution in [0.2, 0.25) is 0 Å². The quantitative estimate of drug-likeness (QED) is 0.487. The number of benzene rings is 2. The van der Waals surface area contributed by atoms with E-state index < -0.39 is 0 Å². The second-order valence-corrected chi connectivity index (χ2v) is 7.84. The fourth-order valence-corrected chi connectivity index (χ4v) is 4.12. The van der Waals surface area contributed by atoms with Crippen molar-refractivity contribution < 1.29 is 4.74 Å². The molecule has 4 aromatic rings. The lowest BCUT2D eigenvalue weighted by Gasteiger charge is -2.33. The Balaban J connectivity index is 1.27. The molecule has 30 heavy (non-hydrogen) atoms. The molecule has 3 heterocycles. The van der Waals surface area contributed by atoms with Crippen LogP contribution in [-0.4, -0.2) is 34.6 Å². The Labute approximate surface area is 177 Å². The summed E-state index contributed by atoms with van der Waals surface area (Å²) in [6.07, 6.45) is 4.81. The first-order valence-electron chi connectivity index (χ1n) is 10.5. The number of fused-ring (bicyclic) bond motifs is 1. The Morgan fingerprint density at radius 1 is 0.867 bits per heavy atom. The first-order chi connectivity index (χ1) is 14.8. The average Bonchev–Trinajstić information content (AvgIpc) is 2.81. The van der Waals surface area contributed by atoms with Crippen LogP contribution in [0.5, 0.6) is 0 Å². The molecule has 0 radical (unpaired) electrons. The molecule has 4 heteroatoms. The van der Waals surface area contributed by atoms with E-state index in [2.05, 4.69) is 70.5 Å². The number of nitrogens with zero attached hydrogens (tertiary/aromatic N) is 3. The van der Waals surface area contributed by atoms with Crippen LogP contribution in [0.1, 0.15) is 28.5 Å². The van der Waals surface area contributed by atoms with Crippen LogP contribution in [0.3, 0.4) is 0 Å². The van der Waals surface area contributed by atoms with E-state index in [9.17, 15) is 0 Å². The van der Waals surface area contributed by atoms with Crippen LogP contribution in [0, 0.1) is 0 Å². The molecule has 5 rings (SSSR count). The second kappa shape index (κ2) is 8.74. The third kappa shape index (κ3) is 4.25. The number of pyridine rings is 2. The van der Waals surface area contributed by atoms with Gasteiger partial charge >= 0.3 is 0 Å². The summed E-state index contributed by atoms with van der Waals surface area (Å²) >= 11 is 0. The maximum atomic E-state index is 6.06. The zero-order chi connectivity index (χ0) is 20.2. The van der Waals surface area contributed by atoms with E-state index in [-0.39, 0.29) is 6.10 Å². The first kappa shape index (κ1) is 18.9. The van der Waals surface area contributed by atoms with Gasteiger partial charge in [-0.2, -0.15) is 0 Å². The summed E-state index contributed by atoms with van der Waals surface area (Å²) in [6, 6.07) is 25.3. The highest BCUT2D eigenvalue weighted by Crippen LogP contribution is 2.24. The summed E-state index contributed by atoms with van der Waals surface area (Å²) in [5, 5.41) is 1.23. The number of hydrogen-bond acceptors (Lipinski definition) is 4. The van der Waals surface area contributed by atoms with E-state index >= 15 is 0 Å². The summed E-state index contributed by atoms with van der Waals surface area (Å²) in [7, 11) is 0. The summed E-state index contributed by atoms with van der Waals surface area (Å²) < 4.78 is 6.06. The van der Waals surface area contributed by atoms with Gasteiger partial charge in [0.15, 0.2) is 0 Å². The van der Waals surface area contributed by atoms with E-state index in [0.717, 1.165) is 43.9 Å². The van der Waals surface area contributed by atoms with Crippen LogP contribution in [0.25, 0.3) is 10.9 Å². The zero-order valence-electron chi connectivity index (χ0n) is 16.9. The van der Waals surface area contributed by atoms with Crippen molar-refractivity contribution in [1.29, 1.82) is 0 Å². The van der Waals surface area contributed by atoms with Gasteiger partial charge in [-0.1, -0.05) is 54.6 Å². The molecule has 0 bridgehead atoms. The Morgan fingerprint density at radius 2 is 1.73 bits per heavy atom. The van der Waals surface area contributed by atoms with Gasteiger partial charge in [-0.25, -0.2) is 0 Å². The van der Waals surface area contributed by atoms with Crippen molar-refractivity contribution in [3.63, 3.8) is 0 Å². The summed E-state index contributed by atoms with van der Waals surface area (Å²) in [4.78, 5) is 11.7. The molecule has 2 aromatic carbocycles. The minimum absolute atomic E-state index is 0.0117. The Bertz CT molecular complexity index is 1110. The smallest absolute Gasteiger partial charge is 0.112 e.